The quantitative estimate of drug-likeness (QED) is 0.0594. The molecule has 10 nitrogen and oxygen atoms in total. The molecular weight excluding hydrogens is 1580 g/mol. The highest BCUT2D eigenvalue weighted by atomic mass is 79.9. The van der Waals surface area contributed by atoms with E-state index in [1.54, 1.807) is 35.7 Å². The summed E-state index contributed by atoms with van der Waals surface area (Å²) in [5, 5.41) is 60.6. The molecule has 0 saturated heterocycles. The predicted molar refractivity (Wildman–Crippen MR) is 499 cm³/mol. The van der Waals surface area contributed by atoms with Crippen LogP contribution >= 0.6 is 57.9 Å². The van der Waals surface area contributed by atoms with Gasteiger partial charge in [0.2, 0.25) is 0 Å². The van der Waals surface area contributed by atoms with Crippen LogP contribution in [0.4, 0.5) is 11.4 Å². The Hall–Kier alpha value is -13.0. The van der Waals surface area contributed by atoms with Crippen LogP contribution in [0, 0.1) is 20.2 Å². The Bertz CT molecular complexity index is 7220. The molecule has 0 spiro atoms. The van der Waals surface area contributed by atoms with Crippen molar-refractivity contribution in [1.29, 1.82) is 0 Å². The van der Waals surface area contributed by atoms with Gasteiger partial charge in [0, 0.05) is 101 Å². The third-order valence-corrected chi connectivity index (χ3v) is 27.7. The summed E-state index contributed by atoms with van der Waals surface area (Å²) in [6.45, 7) is 0. The first-order valence-electron chi connectivity index (χ1n) is 38.0. The molecule has 0 atom stereocenters. The minimum absolute atomic E-state index is 0.0898. The van der Waals surface area contributed by atoms with Crippen molar-refractivity contribution in [2.75, 3.05) is 0 Å². The molecule has 2 N–H and O–H groups in total. The summed E-state index contributed by atoms with van der Waals surface area (Å²) in [5.74, 6) is 0. The molecule has 1 aliphatic carbocycles. The molecule has 117 heavy (non-hydrogen) atoms. The maximum Gasteiger partial charge on any atom is 0.495 e. The molecule has 16 heteroatoms. The Labute approximate surface area is 695 Å². The summed E-state index contributed by atoms with van der Waals surface area (Å²) in [5.41, 5.74) is 12.1. The van der Waals surface area contributed by atoms with Gasteiger partial charge in [-0.25, -0.2) is 0 Å². The number of aromatic nitrogens is 2. The standard InChI is InChI=1S/C28H17NS.C27H16N2O2S.C18H15P.C16H9BrS.C12H10BNO4/c1-2-7-27-21(5-1)22-11-10-18-14-24-20(16-25(18)28(22)30-27)13-17-8-9-19(15-23(17)24)26-6-3-4-12-29-26;30-29(31)25-13-10-19(24-6-3-4-14-28-24)16-23(25)18-8-11-20-17(15-18)9-12-22-21-5-1-2-7-26(21)32-27(20)22;1-4-10-16(11-5-1)19(17-12-6-2-7-13-17)18-14-8-3-9-15-18;17-11-6-8-12-10(9-11)5-7-14-13-3-1-2-4-15(13)18-16(12)14;15-13(16)11-8-10(6-7-12(11)14(17)18)9-4-2-1-3-5-9/h1-12,14-16H,13H2;1-16H;1-15H;1-9H;1-8,15-16H. The number of pyridine rings is 2. The number of hydrogen-bond acceptors (Lipinski definition) is 11. The van der Waals surface area contributed by atoms with Crippen LogP contribution in [0.15, 0.2) is 387 Å². The minimum atomic E-state index is -1.87. The topological polar surface area (TPSA) is 153 Å². The van der Waals surface area contributed by atoms with Gasteiger partial charge in [-0.1, -0.05) is 271 Å². The maximum absolute atomic E-state index is 11.8. The van der Waals surface area contributed by atoms with Crippen molar-refractivity contribution < 1.29 is 19.9 Å². The van der Waals surface area contributed by atoms with E-state index >= 15 is 0 Å². The molecule has 0 fully saturated rings. The lowest BCUT2D eigenvalue weighted by molar-refractivity contribution is -0.384. The van der Waals surface area contributed by atoms with Crippen molar-refractivity contribution in [3.05, 3.63) is 418 Å². The van der Waals surface area contributed by atoms with Crippen LogP contribution < -0.4 is 21.4 Å². The zero-order valence-corrected chi connectivity index (χ0v) is 67.5. The average Bonchev–Trinajstić information content (AvgIpc) is 1.58. The number of nitro benzene ring substituents is 2. The lowest BCUT2D eigenvalue weighted by atomic mass is 9.77. The number of hydrogen-bond donors (Lipinski definition) is 2. The summed E-state index contributed by atoms with van der Waals surface area (Å²) < 4.78 is 9.16. The zero-order valence-electron chi connectivity index (χ0n) is 62.5. The van der Waals surface area contributed by atoms with Gasteiger partial charge in [0.25, 0.3) is 11.4 Å². The number of benzene rings is 16. The van der Waals surface area contributed by atoms with E-state index in [0.29, 0.717) is 11.1 Å². The fourth-order valence-electron chi connectivity index (χ4n) is 15.6. The van der Waals surface area contributed by atoms with Crippen molar-refractivity contribution >= 4 is 191 Å². The molecule has 1 aliphatic rings. The molecule has 22 rings (SSSR count). The highest BCUT2D eigenvalue weighted by molar-refractivity contribution is 9.10. The maximum atomic E-state index is 11.8. The van der Waals surface area contributed by atoms with Gasteiger partial charge in [-0.3, -0.25) is 30.2 Å². The lowest BCUT2D eigenvalue weighted by Gasteiger charge is -2.18. The molecule has 5 heterocycles. The van der Waals surface area contributed by atoms with Crippen LogP contribution in [0.1, 0.15) is 11.1 Å². The lowest BCUT2D eigenvalue weighted by Crippen LogP contribution is -2.32. The molecule has 0 amide bonds. The molecule has 560 valence electrons. The summed E-state index contributed by atoms with van der Waals surface area (Å²) >= 11 is 9.11. The van der Waals surface area contributed by atoms with Crippen LogP contribution in [0.25, 0.3) is 149 Å². The SMILES string of the molecule is Brc1ccc2c(ccc3c4ccccc4sc23)c1.O=[N+]([O-])c1ccc(-c2ccccc2)cc1B(O)O.O=[N+]([O-])c1ccc(-c2ccccn2)cc1-c1ccc2c(ccc3c4ccccc4sc23)c1.c1ccc(-c2ccc3c(c2)-c2cc4ccc5c6ccccc6sc5c4cc2C3)nc1.c1ccc(P(c2ccccc2)c2ccccc2)cc1. The van der Waals surface area contributed by atoms with Crippen molar-refractivity contribution in [1.82, 2.24) is 9.97 Å². The van der Waals surface area contributed by atoms with E-state index in [2.05, 4.69) is 287 Å². The fourth-order valence-corrected chi connectivity index (χ4v) is 22.0. The molecule has 0 bridgehead atoms. The predicted octanol–water partition coefficient (Wildman–Crippen LogP) is 26.0. The monoisotopic (exact) mass is 1650 g/mol. The van der Waals surface area contributed by atoms with Crippen LogP contribution in [0.2, 0.25) is 0 Å². The largest absolute Gasteiger partial charge is 0.495 e. The minimum Gasteiger partial charge on any atom is -0.423 e. The molecule has 16 aromatic carbocycles. The summed E-state index contributed by atoms with van der Waals surface area (Å²) in [4.78, 5) is 30.5. The van der Waals surface area contributed by atoms with Gasteiger partial charge in [0.05, 0.1) is 32.3 Å². The number of nitro groups is 2. The molecule has 0 unspecified atom stereocenters. The second kappa shape index (κ2) is 33.4. The van der Waals surface area contributed by atoms with Crippen LogP contribution in [-0.4, -0.2) is 37.0 Å². The molecule has 0 radical (unpaired) electrons. The Kier molecular flexibility index (Phi) is 21.5. The van der Waals surface area contributed by atoms with Crippen LogP contribution in [0.5, 0.6) is 0 Å². The van der Waals surface area contributed by atoms with E-state index < -0.39 is 20.0 Å². The Morgan fingerprint density at radius 2 is 0.735 bits per heavy atom. The average molecular weight is 1650 g/mol. The first-order valence-corrected chi connectivity index (χ1v) is 42.6. The second-order valence-electron chi connectivity index (χ2n) is 28.2. The summed E-state index contributed by atoms with van der Waals surface area (Å²) in [6, 6.07) is 126. The first kappa shape index (κ1) is 75.3. The number of thiophene rings is 3. The van der Waals surface area contributed by atoms with E-state index in [4.69, 9.17) is 0 Å². The number of fused-ring (bicyclic) bond motifs is 18. The third kappa shape index (κ3) is 15.5. The number of halogens is 1. The first-order chi connectivity index (χ1) is 57.4. The van der Waals surface area contributed by atoms with Crippen molar-refractivity contribution in [3.8, 4) is 55.9 Å². The van der Waals surface area contributed by atoms with Gasteiger partial charge in [-0.05, 0) is 205 Å². The Morgan fingerprint density at radius 3 is 1.24 bits per heavy atom. The Balaban J connectivity index is 0.000000103. The normalized spacial score (nSPS) is 11.4. The van der Waals surface area contributed by atoms with E-state index in [-0.39, 0.29) is 21.8 Å². The smallest absolute Gasteiger partial charge is 0.423 e. The second-order valence-corrected chi connectivity index (χ2v) is 34.5. The van der Waals surface area contributed by atoms with Crippen molar-refractivity contribution in [2.24, 2.45) is 0 Å². The van der Waals surface area contributed by atoms with Crippen molar-refractivity contribution in [3.63, 3.8) is 0 Å². The summed E-state index contributed by atoms with van der Waals surface area (Å²) in [6.07, 6.45) is 4.59. The third-order valence-electron chi connectivity index (χ3n) is 21.1. The van der Waals surface area contributed by atoms with Gasteiger partial charge in [0.15, 0.2) is 0 Å². The fraction of sp³-hybridized carbons (Fsp3) is 0.00990. The molecule has 5 aromatic heterocycles. The number of rotatable bonds is 10. The van der Waals surface area contributed by atoms with E-state index in [9.17, 15) is 30.3 Å². The van der Waals surface area contributed by atoms with Gasteiger partial charge in [-0.15, -0.1) is 34.0 Å². The Morgan fingerprint density at radius 1 is 0.325 bits per heavy atom. The number of nitrogens with zero attached hydrogens (tertiary/aromatic N) is 4. The summed E-state index contributed by atoms with van der Waals surface area (Å²) in [7, 11) is -2.31. The molecule has 0 saturated carbocycles. The molecule has 0 aliphatic heterocycles. The van der Waals surface area contributed by atoms with Crippen LogP contribution in [-0.2, 0) is 6.42 Å². The van der Waals surface area contributed by atoms with E-state index in [1.807, 2.05) is 108 Å². The van der Waals surface area contributed by atoms with Crippen molar-refractivity contribution in [2.45, 2.75) is 6.42 Å². The van der Waals surface area contributed by atoms with Gasteiger partial charge < -0.3 is 10.0 Å². The zero-order chi connectivity index (χ0) is 79.5. The van der Waals surface area contributed by atoms with E-state index in [0.717, 1.165) is 49.7 Å². The van der Waals surface area contributed by atoms with Gasteiger partial charge >= 0.3 is 7.12 Å². The molecular formula is C101H67BBrN4O6PS3. The molecule has 21 aromatic rings. The highest BCUT2D eigenvalue weighted by Crippen LogP contribution is 2.47. The van der Waals surface area contributed by atoms with Gasteiger partial charge in [-0.2, -0.15) is 0 Å². The van der Waals surface area contributed by atoms with E-state index in [1.165, 1.54) is 138 Å². The van der Waals surface area contributed by atoms with Crippen LogP contribution in [0.3, 0.4) is 0 Å². The highest BCUT2D eigenvalue weighted by Gasteiger charge is 2.26. The van der Waals surface area contributed by atoms with Gasteiger partial charge in [0.1, 0.15) is 0 Å².